The zero-order valence-electron chi connectivity index (χ0n) is 15.1. The van der Waals surface area contributed by atoms with Crippen LogP contribution in [0.3, 0.4) is 0 Å². The predicted octanol–water partition coefficient (Wildman–Crippen LogP) is 1.32. The van der Waals surface area contributed by atoms with Crippen LogP contribution in [0.5, 0.6) is 5.75 Å². The summed E-state index contributed by atoms with van der Waals surface area (Å²) in [5.74, 6) is 2.83. The largest absolute Gasteiger partial charge is 0.496 e. The summed E-state index contributed by atoms with van der Waals surface area (Å²) in [5.41, 5.74) is 2.40. The standard InChI is InChI=1S/C18H26N6O/c1-13-4-5-14(10-16(13)25-3)8-9-20-18(19-2)23-15-6-7-17-21-12-22-24(17)11-15/h4-5,10,12,15H,6-9,11H2,1-3H3,(H2,19,20,23). The second kappa shape index (κ2) is 8.00. The van der Waals surface area contributed by atoms with Crippen molar-refractivity contribution in [2.24, 2.45) is 4.99 Å². The number of nitrogens with zero attached hydrogens (tertiary/aromatic N) is 4. The molecular formula is C18H26N6O. The number of aryl methyl sites for hydroxylation is 2. The van der Waals surface area contributed by atoms with Gasteiger partial charge in [0.2, 0.25) is 0 Å². The lowest BCUT2D eigenvalue weighted by atomic mass is 10.1. The van der Waals surface area contributed by atoms with Gasteiger partial charge in [0.05, 0.1) is 13.7 Å². The molecule has 3 rings (SSSR count). The van der Waals surface area contributed by atoms with Crippen molar-refractivity contribution in [3.8, 4) is 5.75 Å². The number of aliphatic imine (C=N–C) groups is 1. The van der Waals surface area contributed by atoms with Gasteiger partial charge in [0.25, 0.3) is 0 Å². The van der Waals surface area contributed by atoms with Crippen molar-refractivity contribution in [1.82, 2.24) is 25.4 Å². The Morgan fingerprint density at radius 3 is 3.12 bits per heavy atom. The Labute approximate surface area is 148 Å². The fraction of sp³-hybridized carbons (Fsp3) is 0.500. The van der Waals surface area contributed by atoms with Crippen LogP contribution >= 0.6 is 0 Å². The Kier molecular flexibility index (Phi) is 5.53. The van der Waals surface area contributed by atoms with Crippen LogP contribution in [0.1, 0.15) is 23.4 Å². The minimum absolute atomic E-state index is 0.319. The van der Waals surface area contributed by atoms with Crippen LogP contribution in [0, 0.1) is 6.92 Å². The topological polar surface area (TPSA) is 76.4 Å². The highest BCUT2D eigenvalue weighted by atomic mass is 16.5. The number of hydrogen-bond donors (Lipinski definition) is 2. The smallest absolute Gasteiger partial charge is 0.191 e. The molecule has 1 aromatic carbocycles. The lowest BCUT2D eigenvalue weighted by molar-refractivity contribution is 0.393. The fourth-order valence-corrected chi connectivity index (χ4v) is 3.09. The number of nitrogens with one attached hydrogen (secondary N) is 2. The summed E-state index contributed by atoms with van der Waals surface area (Å²) >= 11 is 0. The number of benzene rings is 1. The van der Waals surface area contributed by atoms with Gasteiger partial charge in [-0.05, 0) is 37.0 Å². The SMILES string of the molecule is CN=C(NCCc1ccc(C)c(OC)c1)NC1CCc2ncnn2C1. The summed E-state index contributed by atoms with van der Waals surface area (Å²) in [4.78, 5) is 8.59. The number of methoxy groups -OCH3 is 1. The van der Waals surface area contributed by atoms with Crippen molar-refractivity contribution in [3.05, 3.63) is 41.5 Å². The molecule has 0 radical (unpaired) electrons. The Morgan fingerprint density at radius 1 is 1.44 bits per heavy atom. The van der Waals surface area contributed by atoms with E-state index in [1.165, 1.54) is 5.56 Å². The minimum atomic E-state index is 0.319. The molecule has 0 spiro atoms. The molecule has 0 fully saturated rings. The van der Waals surface area contributed by atoms with Gasteiger partial charge in [0.1, 0.15) is 17.9 Å². The lowest BCUT2D eigenvalue weighted by Gasteiger charge is -2.25. The third-order valence-electron chi connectivity index (χ3n) is 4.55. The molecule has 7 heteroatoms. The van der Waals surface area contributed by atoms with Crippen molar-refractivity contribution in [3.63, 3.8) is 0 Å². The molecule has 1 aliphatic rings. The molecule has 0 saturated heterocycles. The molecule has 0 saturated carbocycles. The molecule has 0 amide bonds. The van der Waals surface area contributed by atoms with Crippen LogP contribution in [0.15, 0.2) is 29.5 Å². The first-order chi connectivity index (χ1) is 12.2. The molecule has 7 nitrogen and oxygen atoms in total. The first kappa shape index (κ1) is 17.3. The van der Waals surface area contributed by atoms with E-state index in [2.05, 4.69) is 50.8 Å². The van der Waals surface area contributed by atoms with Gasteiger partial charge < -0.3 is 15.4 Å². The van der Waals surface area contributed by atoms with Gasteiger partial charge in [0.15, 0.2) is 5.96 Å². The van der Waals surface area contributed by atoms with Crippen molar-refractivity contribution in [1.29, 1.82) is 0 Å². The van der Waals surface area contributed by atoms with Gasteiger partial charge in [-0.3, -0.25) is 4.99 Å². The second-order valence-corrected chi connectivity index (χ2v) is 6.29. The Hall–Kier alpha value is -2.57. The van der Waals surface area contributed by atoms with Gasteiger partial charge in [-0.1, -0.05) is 12.1 Å². The zero-order chi connectivity index (χ0) is 17.6. The molecule has 134 valence electrons. The van der Waals surface area contributed by atoms with Gasteiger partial charge in [-0.25, -0.2) is 9.67 Å². The molecule has 0 aliphatic carbocycles. The van der Waals surface area contributed by atoms with Crippen molar-refractivity contribution in [2.75, 3.05) is 20.7 Å². The van der Waals surface area contributed by atoms with E-state index in [0.717, 1.165) is 55.4 Å². The summed E-state index contributed by atoms with van der Waals surface area (Å²) in [7, 11) is 3.51. The zero-order valence-corrected chi connectivity index (χ0v) is 15.1. The van der Waals surface area contributed by atoms with Gasteiger partial charge in [-0.2, -0.15) is 5.10 Å². The minimum Gasteiger partial charge on any atom is -0.496 e. The van der Waals surface area contributed by atoms with E-state index in [9.17, 15) is 0 Å². The molecule has 2 N–H and O–H groups in total. The Morgan fingerprint density at radius 2 is 2.32 bits per heavy atom. The molecule has 2 aromatic rings. The normalized spacial score (nSPS) is 17.1. The van der Waals surface area contributed by atoms with Crippen LogP contribution in [0.25, 0.3) is 0 Å². The lowest BCUT2D eigenvalue weighted by Crippen LogP contribution is -2.47. The van der Waals surface area contributed by atoms with E-state index < -0.39 is 0 Å². The molecule has 25 heavy (non-hydrogen) atoms. The summed E-state index contributed by atoms with van der Waals surface area (Å²) < 4.78 is 7.35. The summed E-state index contributed by atoms with van der Waals surface area (Å²) in [6, 6.07) is 6.66. The van der Waals surface area contributed by atoms with Crippen LogP contribution in [-0.4, -0.2) is 47.5 Å². The van der Waals surface area contributed by atoms with Crippen LogP contribution < -0.4 is 15.4 Å². The van der Waals surface area contributed by atoms with Gasteiger partial charge in [-0.15, -0.1) is 0 Å². The molecule has 1 aromatic heterocycles. The number of fused-ring (bicyclic) bond motifs is 1. The highest BCUT2D eigenvalue weighted by molar-refractivity contribution is 5.79. The quantitative estimate of drug-likeness (QED) is 0.633. The van der Waals surface area contributed by atoms with Crippen LogP contribution in [0.2, 0.25) is 0 Å². The molecule has 1 atom stereocenters. The van der Waals surface area contributed by atoms with E-state index in [1.807, 2.05) is 4.68 Å². The number of hydrogen-bond acceptors (Lipinski definition) is 4. The van der Waals surface area contributed by atoms with E-state index in [-0.39, 0.29) is 0 Å². The second-order valence-electron chi connectivity index (χ2n) is 6.29. The number of guanidine groups is 1. The highest BCUT2D eigenvalue weighted by Crippen LogP contribution is 2.19. The summed E-state index contributed by atoms with van der Waals surface area (Å²) in [5, 5.41) is 11.1. The maximum atomic E-state index is 5.39. The molecule has 1 unspecified atom stereocenters. The molecule has 0 bridgehead atoms. The third-order valence-corrected chi connectivity index (χ3v) is 4.55. The summed E-state index contributed by atoms with van der Waals surface area (Å²) in [6.07, 6.45) is 4.52. The fourth-order valence-electron chi connectivity index (χ4n) is 3.09. The van der Waals surface area contributed by atoms with Crippen molar-refractivity contribution < 1.29 is 4.74 Å². The first-order valence-corrected chi connectivity index (χ1v) is 8.67. The van der Waals surface area contributed by atoms with Crippen LogP contribution in [0.4, 0.5) is 0 Å². The maximum Gasteiger partial charge on any atom is 0.191 e. The first-order valence-electron chi connectivity index (χ1n) is 8.67. The van der Waals surface area contributed by atoms with Gasteiger partial charge in [0, 0.05) is 26.1 Å². The van der Waals surface area contributed by atoms with Crippen molar-refractivity contribution >= 4 is 5.96 Å². The Balaban J connectivity index is 1.48. The average Bonchev–Trinajstić information content (AvgIpc) is 3.10. The van der Waals surface area contributed by atoms with Crippen molar-refractivity contribution in [2.45, 2.75) is 38.8 Å². The van der Waals surface area contributed by atoms with E-state index >= 15 is 0 Å². The van der Waals surface area contributed by atoms with E-state index in [1.54, 1.807) is 20.5 Å². The number of ether oxygens (including phenoxy) is 1. The maximum absolute atomic E-state index is 5.39. The van der Waals surface area contributed by atoms with E-state index in [0.29, 0.717) is 6.04 Å². The summed E-state index contributed by atoms with van der Waals surface area (Å²) in [6.45, 7) is 3.69. The molecular weight excluding hydrogens is 316 g/mol. The third kappa shape index (κ3) is 4.29. The molecule has 1 aliphatic heterocycles. The number of rotatable bonds is 5. The highest BCUT2D eigenvalue weighted by Gasteiger charge is 2.20. The predicted molar refractivity (Wildman–Crippen MR) is 98.1 cm³/mol. The van der Waals surface area contributed by atoms with Gasteiger partial charge >= 0.3 is 0 Å². The Bertz CT molecular complexity index is 739. The average molecular weight is 342 g/mol. The van der Waals surface area contributed by atoms with E-state index in [4.69, 9.17) is 4.74 Å². The van der Waals surface area contributed by atoms with Crippen LogP contribution in [-0.2, 0) is 19.4 Å². The monoisotopic (exact) mass is 342 g/mol. The number of aromatic nitrogens is 3. The molecule has 2 heterocycles.